The molecule has 21 heavy (non-hydrogen) atoms. The van der Waals surface area contributed by atoms with Crippen molar-refractivity contribution >= 4 is 67.4 Å². The number of nitrogens with zero attached hydrogens (tertiary/aromatic N) is 2. The highest BCUT2D eigenvalue weighted by Crippen LogP contribution is 2.32. The highest BCUT2D eigenvalue weighted by molar-refractivity contribution is 9.10. The molecule has 0 spiro atoms. The summed E-state index contributed by atoms with van der Waals surface area (Å²) in [5, 5.41) is 4.85. The summed E-state index contributed by atoms with van der Waals surface area (Å²) in [5.74, 6) is 0.662. The van der Waals surface area contributed by atoms with Crippen LogP contribution in [0.3, 0.4) is 0 Å². The third-order valence-corrected chi connectivity index (χ3v) is 3.91. The van der Waals surface area contributed by atoms with Crippen LogP contribution in [0.2, 0.25) is 10.0 Å². The predicted octanol–water partition coefficient (Wildman–Crippen LogP) is 5.02. The second-order valence-electron chi connectivity index (χ2n) is 4.34. The fourth-order valence-corrected chi connectivity index (χ4v) is 2.69. The molecule has 0 saturated carbocycles. The lowest BCUT2D eigenvalue weighted by Crippen LogP contribution is -2.00. The molecule has 0 aliphatic heterocycles. The quantitative estimate of drug-likeness (QED) is 0.651. The molecule has 0 unspecified atom stereocenters. The number of anilines is 3. The van der Waals surface area contributed by atoms with Gasteiger partial charge < -0.3 is 11.1 Å². The van der Waals surface area contributed by atoms with Crippen LogP contribution in [-0.4, -0.2) is 9.97 Å². The van der Waals surface area contributed by atoms with Crippen LogP contribution < -0.4 is 11.1 Å². The van der Waals surface area contributed by atoms with E-state index < -0.39 is 0 Å². The van der Waals surface area contributed by atoms with Crippen LogP contribution in [0.1, 0.15) is 0 Å². The molecule has 0 aliphatic rings. The van der Waals surface area contributed by atoms with Gasteiger partial charge in [0.15, 0.2) is 5.82 Å². The van der Waals surface area contributed by atoms with Crippen molar-refractivity contribution in [1.82, 2.24) is 9.97 Å². The van der Waals surface area contributed by atoms with Crippen LogP contribution in [0.25, 0.3) is 10.9 Å². The molecule has 1 aromatic carbocycles. The molecule has 0 radical (unpaired) electrons. The highest BCUT2D eigenvalue weighted by atomic mass is 79.9. The van der Waals surface area contributed by atoms with E-state index in [0.717, 1.165) is 21.1 Å². The van der Waals surface area contributed by atoms with Gasteiger partial charge in [-0.25, -0.2) is 4.98 Å². The Morgan fingerprint density at radius 2 is 1.95 bits per heavy atom. The van der Waals surface area contributed by atoms with Crippen LogP contribution in [-0.2, 0) is 0 Å². The van der Waals surface area contributed by atoms with E-state index in [4.69, 9.17) is 28.9 Å². The van der Waals surface area contributed by atoms with Gasteiger partial charge in [0.05, 0.1) is 21.2 Å². The molecular formula is C14H9BrCl2N4. The monoisotopic (exact) mass is 382 g/mol. The number of nitrogens with two attached hydrogens (primary N) is 1. The number of aromatic nitrogens is 2. The number of rotatable bonds is 2. The van der Waals surface area contributed by atoms with E-state index in [9.17, 15) is 0 Å². The Balaban J connectivity index is 2.08. The van der Waals surface area contributed by atoms with Gasteiger partial charge in [0, 0.05) is 16.1 Å². The van der Waals surface area contributed by atoms with E-state index in [2.05, 4.69) is 31.2 Å². The number of nitrogens with one attached hydrogen (secondary N) is 1. The molecule has 0 aliphatic carbocycles. The van der Waals surface area contributed by atoms with Crippen molar-refractivity contribution in [2.24, 2.45) is 0 Å². The maximum Gasteiger partial charge on any atom is 0.151 e. The van der Waals surface area contributed by atoms with Crippen molar-refractivity contribution in [3.63, 3.8) is 0 Å². The smallest absolute Gasteiger partial charge is 0.151 e. The Morgan fingerprint density at radius 3 is 2.76 bits per heavy atom. The fraction of sp³-hybridized carbons (Fsp3) is 0. The summed E-state index contributed by atoms with van der Waals surface area (Å²) in [6.07, 6.45) is 1.73. The van der Waals surface area contributed by atoms with Gasteiger partial charge in [-0.05, 0) is 34.1 Å². The average molecular weight is 384 g/mol. The summed E-state index contributed by atoms with van der Waals surface area (Å²) < 4.78 is 0.916. The van der Waals surface area contributed by atoms with Crippen molar-refractivity contribution in [2.45, 2.75) is 0 Å². The molecule has 3 N–H and O–H groups in total. The van der Waals surface area contributed by atoms with Crippen LogP contribution >= 0.6 is 39.1 Å². The van der Waals surface area contributed by atoms with Crippen molar-refractivity contribution in [2.75, 3.05) is 11.1 Å². The molecule has 3 aromatic rings. The number of halogens is 3. The lowest BCUT2D eigenvalue weighted by Gasteiger charge is -2.11. The fourth-order valence-electron chi connectivity index (χ4n) is 1.93. The maximum absolute atomic E-state index is 6.13. The molecule has 3 rings (SSSR count). The summed E-state index contributed by atoms with van der Waals surface area (Å²) in [6, 6.07) is 9.34. The predicted molar refractivity (Wildman–Crippen MR) is 91.4 cm³/mol. The maximum atomic E-state index is 6.13. The van der Waals surface area contributed by atoms with Gasteiger partial charge in [0.25, 0.3) is 0 Å². The molecule has 0 bridgehead atoms. The average Bonchev–Trinajstić information content (AvgIpc) is 2.44. The SMILES string of the molecule is Nc1nc(Nc2cccc3cc(Br)cnc23)c(Cl)cc1Cl. The van der Waals surface area contributed by atoms with Gasteiger partial charge in [0.2, 0.25) is 0 Å². The van der Waals surface area contributed by atoms with Crippen molar-refractivity contribution in [3.05, 3.63) is 51.0 Å². The third-order valence-electron chi connectivity index (χ3n) is 2.89. The Labute approximate surface area is 139 Å². The first-order valence-corrected chi connectivity index (χ1v) is 7.52. The number of benzene rings is 1. The van der Waals surface area contributed by atoms with Crippen LogP contribution in [0, 0.1) is 0 Å². The van der Waals surface area contributed by atoms with E-state index in [0.29, 0.717) is 15.9 Å². The van der Waals surface area contributed by atoms with E-state index in [1.807, 2.05) is 24.3 Å². The molecule has 0 atom stereocenters. The number of pyridine rings is 2. The summed E-state index contributed by atoms with van der Waals surface area (Å²) in [7, 11) is 0. The number of hydrogen-bond acceptors (Lipinski definition) is 4. The Kier molecular flexibility index (Phi) is 3.89. The van der Waals surface area contributed by atoms with Crippen molar-refractivity contribution in [1.29, 1.82) is 0 Å². The van der Waals surface area contributed by atoms with Crippen molar-refractivity contribution < 1.29 is 0 Å². The number of hydrogen-bond donors (Lipinski definition) is 2. The van der Waals surface area contributed by atoms with Gasteiger partial charge >= 0.3 is 0 Å². The van der Waals surface area contributed by atoms with E-state index in [1.165, 1.54) is 0 Å². The molecular weight excluding hydrogens is 375 g/mol. The number of fused-ring (bicyclic) bond motifs is 1. The van der Waals surface area contributed by atoms with E-state index in [1.54, 1.807) is 12.3 Å². The second kappa shape index (κ2) is 5.67. The summed E-state index contributed by atoms with van der Waals surface area (Å²) in [4.78, 5) is 8.57. The Morgan fingerprint density at radius 1 is 1.14 bits per heavy atom. The Bertz CT molecular complexity index is 839. The minimum Gasteiger partial charge on any atom is -0.382 e. The zero-order valence-corrected chi connectivity index (χ0v) is 13.7. The molecule has 2 heterocycles. The normalized spacial score (nSPS) is 10.8. The first-order valence-electron chi connectivity index (χ1n) is 5.97. The lowest BCUT2D eigenvalue weighted by molar-refractivity contribution is 1.31. The molecule has 7 heteroatoms. The molecule has 2 aromatic heterocycles. The van der Waals surface area contributed by atoms with Crippen LogP contribution in [0.15, 0.2) is 41.0 Å². The van der Waals surface area contributed by atoms with Gasteiger partial charge in [-0.2, -0.15) is 0 Å². The highest BCUT2D eigenvalue weighted by Gasteiger charge is 2.10. The standard InChI is InChI=1S/C14H9BrCl2N4/c15-8-4-7-2-1-3-11(12(7)19-6-8)20-14-10(17)5-9(16)13(18)21-14/h1-6H,(H3,18,20,21). The summed E-state index contributed by atoms with van der Waals surface area (Å²) >= 11 is 15.4. The van der Waals surface area contributed by atoms with Crippen LogP contribution in [0.5, 0.6) is 0 Å². The number of para-hydroxylation sites is 1. The molecule has 0 saturated heterocycles. The number of nitrogen functional groups attached to an aromatic ring is 1. The molecule has 4 nitrogen and oxygen atoms in total. The Hall–Kier alpha value is -1.56. The molecule has 0 fully saturated rings. The minimum absolute atomic E-state index is 0.222. The topological polar surface area (TPSA) is 63.8 Å². The second-order valence-corrected chi connectivity index (χ2v) is 6.07. The van der Waals surface area contributed by atoms with Gasteiger partial charge in [0.1, 0.15) is 5.82 Å². The molecule has 0 amide bonds. The van der Waals surface area contributed by atoms with Gasteiger partial charge in [-0.15, -0.1) is 0 Å². The first-order chi connectivity index (χ1) is 10.0. The molecule has 106 valence electrons. The van der Waals surface area contributed by atoms with Crippen molar-refractivity contribution in [3.8, 4) is 0 Å². The van der Waals surface area contributed by atoms with Gasteiger partial charge in [-0.3, -0.25) is 4.98 Å². The van der Waals surface area contributed by atoms with Crippen LogP contribution in [0.4, 0.5) is 17.3 Å². The van der Waals surface area contributed by atoms with E-state index in [-0.39, 0.29) is 5.82 Å². The summed E-state index contributed by atoms with van der Waals surface area (Å²) in [6.45, 7) is 0. The zero-order chi connectivity index (χ0) is 15.0. The lowest BCUT2D eigenvalue weighted by atomic mass is 10.2. The first kappa shape index (κ1) is 14.4. The van der Waals surface area contributed by atoms with Gasteiger partial charge in [-0.1, -0.05) is 35.3 Å². The van der Waals surface area contributed by atoms with E-state index >= 15 is 0 Å². The minimum atomic E-state index is 0.222. The zero-order valence-electron chi connectivity index (χ0n) is 10.6. The summed E-state index contributed by atoms with van der Waals surface area (Å²) in [5.41, 5.74) is 7.31. The third kappa shape index (κ3) is 2.90. The largest absolute Gasteiger partial charge is 0.382 e.